The lowest BCUT2D eigenvalue weighted by Gasteiger charge is -2.59. The fourth-order valence-corrected chi connectivity index (χ4v) is 12.3. The fraction of sp³-hybridized carbons (Fsp3) is 0.571. The van der Waals surface area contributed by atoms with Gasteiger partial charge in [-0.1, -0.05) is 19.1 Å². The van der Waals surface area contributed by atoms with Crippen LogP contribution < -0.4 is 9.47 Å². The molecule has 8 rings (SSSR count). The summed E-state index contributed by atoms with van der Waals surface area (Å²) in [6.45, 7) is 10.3. The molecule has 4 unspecified atom stereocenters. The summed E-state index contributed by atoms with van der Waals surface area (Å²) in [5, 5.41) is 11.1. The normalized spacial score (nSPS) is 26.0. The molecular weight excluding hydrogens is 921 g/mol. The third-order valence-electron chi connectivity index (χ3n) is 15.1. The summed E-state index contributed by atoms with van der Waals surface area (Å²) in [6.07, 6.45) is 2.03. The predicted octanol–water partition coefficient (Wildman–Crippen LogP) is 9.10. The van der Waals surface area contributed by atoms with Gasteiger partial charge in [-0.15, -0.1) is 0 Å². The molecule has 3 aromatic rings. The van der Waals surface area contributed by atoms with Gasteiger partial charge in [0.15, 0.2) is 16.5 Å². The first-order valence-electron chi connectivity index (χ1n) is 22.6. The predicted molar refractivity (Wildman–Crippen MR) is 232 cm³/mol. The molecule has 14 nitrogen and oxygen atoms in total. The van der Waals surface area contributed by atoms with Crippen molar-refractivity contribution in [1.82, 2.24) is 0 Å². The number of fused-ring (bicyclic) bond motifs is 1. The number of halogens is 4. The van der Waals surface area contributed by atoms with Crippen molar-refractivity contribution in [2.24, 2.45) is 45.3 Å². The van der Waals surface area contributed by atoms with Gasteiger partial charge in [-0.2, -0.15) is 17.2 Å². The third kappa shape index (κ3) is 9.53. The molecule has 3 aromatic carbocycles. The molecule has 1 saturated heterocycles. The standard InChI is InChI=1S/C49H56F4O14S/c1-8-46(4,44(59)67-49(7)29-16-25-15-26(18-29)19-30(49)17-25)23-48(6,43(58)65-33-13-14-63-40(33)55)24-47(5,42(57)64-32-12-10-27-20-31(54)11-9-28(27)21-32)22-45(2,3)41(56)66-38-34(50)36(52)39(68(60,61)62)37(53)35(38)51/h9-12,20-21,25-26,29-30,33,54H,8,13-19,22-24H2,1-7H3,(H,60,61,62). The molecule has 5 aliphatic rings. The van der Waals surface area contributed by atoms with Crippen molar-refractivity contribution in [3.8, 4) is 17.2 Å². The van der Waals surface area contributed by atoms with E-state index < -0.39 is 120 Å². The van der Waals surface area contributed by atoms with Crippen molar-refractivity contribution in [1.29, 1.82) is 0 Å². The molecule has 4 aliphatic carbocycles. The maximum absolute atomic E-state index is 15.2. The number of benzene rings is 3. The van der Waals surface area contributed by atoms with Gasteiger partial charge in [0.25, 0.3) is 0 Å². The van der Waals surface area contributed by atoms with Crippen LogP contribution in [0.3, 0.4) is 0 Å². The number of carbonyl (C=O) groups is 5. The highest BCUT2D eigenvalue weighted by atomic mass is 32.2. The molecule has 0 amide bonds. The largest absolute Gasteiger partial charge is 0.508 e. The van der Waals surface area contributed by atoms with Crippen LogP contribution in [0.4, 0.5) is 17.6 Å². The molecule has 370 valence electrons. The Labute approximate surface area is 391 Å². The molecule has 0 aromatic heterocycles. The van der Waals surface area contributed by atoms with E-state index in [1.807, 2.05) is 6.92 Å². The number of carbonyl (C=O) groups excluding carboxylic acids is 5. The van der Waals surface area contributed by atoms with Crippen molar-refractivity contribution >= 4 is 50.7 Å². The smallest absolute Gasteiger partial charge is 0.347 e. The van der Waals surface area contributed by atoms with Gasteiger partial charge in [-0.25, -0.2) is 13.6 Å². The number of aromatic hydroxyl groups is 1. The first-order valence-corrected chi connectivity index (χ1v) is 24.1. The van der Waals surface area contributed by atoms with Crippen LogP contribution in [0.1, 0.15) is 113 Å². The van der Waals surface area contributed by atoms with Gasteiger partial charge < -0.3 is 28.8 Å². The average Bonchev–Trinajstić information content (AvgIpc) is 3.65. The highest BCUT2D eigenvalue weighted by Crippen LogP contribution is 2.60. The highest BCUT2D eigenvalue weighted by molar-refractivity contribution is 7.85. The number of rotatable bonds is 16. The summed E-state index contributed by atoms with van der Waals surface area (Å²) in [5.41, 5.74) is -8.29. The minimum atomic E-state index is -5.85. The van der Waals surface area contributed by atoms with E-state index in [1.54, 1.807) is 26.0 Å². The Morgan fingerprint density at radius 3 is 1.82 bits per heavy atom. The zero-order valence-electron chi connectivity index (χ0n) is 38.8. The van der Waals surface area contributed by atoms with Crippen LogP contribution in [0.5, 0.6) is 17.2 Å². The fourth-order valence-electron chi connectivity index (χ4n) is 11.6. The number of cyclic esters (lactones) is 1. The first-order chi connectivity index (χ1) is 31.5. The highest BCUT2D eigenvalue weighted by Gasteiger charge is 2.60. The number of hydrogen-bond acceptors (Lipinski definition) is 13. The minimum absolute atomic E-state index is 0.00824. The number of esters is 5. The van der Waals surface area contributed by atoms with Crippen LogP contribution in [-0.2, 0) is 48.3 Å². The van der Waals surface area contributed by atoms with Gasteiger partial charge in [-0.05, 0) is 158 Å². The SMILES string of the molecule is CCC(C)(CC(C)(CC(C)(CC(C)(C)C(=O)Oc1c(F)c(F)c(S(=O)(=O)O)c(F)c1F)C(=O)Oc1ccc2cc(O)ccc2c1)C(=O)OC1CCOC1=O)C(=O)OC1(C)C2CC3CC(C2)CC1C3. The maximum atomic E-state index is 15.2. The van der Waals surface area contributed by atoms with E-state index in [0.717, 1.165) is 46.0 Å². The lowest BCUT2D eigenvalue weighted by molar-refractivity contribution is -0.214. The Morgan fingerprint density at radius 2 is 1.28 bits per heavy atom. The second kappa shape index (κ2) is 17.9. The second-order valence-electron chi connectivity index (χ2n) is 21.0. The van der Waals surface area contributed by atoms with Gasteiger partial charge in [0.1, 0.15) is 17.1 Å². The van der Waals surface area contributed by atoms with Crippen LogP contribution in [-0.4, -0.2) is 66.2 Å². The summed E-state index contributed by atoms with van der Waals surface area (Å²) in [5.74, 6) is -15.8. The van der Waals surface area contributed by atoms with Crippen LogP contribution in [0.2, 0.25) is 0 Å². The van der Waals surface area contributed by atoms with E-state index in [9.17, 15) is 50.8 Å². The van der Waals surface area contributed by atoms with Crippen LogP contribution >= 0.6 is 0 Å². The topological polar surface area (TPSA) is 206 Å². The summed E-state index contributed by atoms with van der Waals surface area (Å²) in [4.78, 5) is 68.7. The molecule has 5 fully saturated rings. The van der Waals surface area contributed by atoms with Crippen molar-refractivity contribution < 1.29 is 83.3 Å². The van der Waals surface area contributed by atoms with E-state index in [-0.39, 0.29) is 49.2 Å². The van der Waals surface area contributed by atoms with E-state index in [0.29, 0.717) is 22.6 Å². The monoisotopic (exact) mass is 976 g/mol. The minimum Gasteiger partial charge on any atom is -0.508 e. The van der Waals surface area contributed by atoms with Crippen LogP contribution in [0.25, 0.3) is 10.8 Å². The molecular formula is C49H56F4O14S. The van der Waals surface area contributed by atoms with Crippen LogP contribution in [0, 0.1) is 68.6 Å². The molecule has 4 bridgehead atoms. The molecule has 4 atom stereocenters. The van der Waals surface area contributed by atoms with Crippen LogP contribution in [0.15, 0.2) is 41.3 Å². The Balaban J connectivity index is 1.27. The molecule has 19 heteroatoms. The molecule has 0 spiro atoms. The number of phenolic OH excluding ortho intramolecular Hbond substituents is 1. The number of ether oxygens (including phenoxy) is 5. The molecule has 1 aliphatic heterocycles. The molecule has 68 heavy (non-hydrogen) atoms. The van der Waals surface area contributed by atoms with E-state index in [4.69, 9.17) is 23.7 Å². The van der Waals surface area contributed by atoms with Crippen molar-refractivity contribution in [3.63, 3.8) is 0 Å². The van der Waals surface area contributed by atoms with Crippen molar-refractivity contribution in [3.05, 3.63) is 59.7 Å². The van der Waals surface area contributed by atoms with Gasteiger partial charge in [0.05, 0.1) is 28.3 Å². The quantitative estimate of drug-likeness (QED) is 0.0343. The second-order valence-corrected chi connectivity index (χ2v) is 22.4. The number of phenols is 1. The zero-order valence-corrected chi connectivity index (χ0v) is 39.7. The Hall–Kier alpha value is -5.30. The lowest BCUT2D eigenvalue weighted by Crippen LogP contribution is -2.59. The summed E-state index contributed by atoms with van der Waals surface area (Å²) in [7, 11) is -5.85. The van der Waals surface area contributed by atoms with Gasteiger partial charge >= 0.3 is 40.0 Å². The first kappa shape index (κ1) is 50.6. The molecule has 0 radical (unpaired) electrons. The summed E-state index contributed by atoms with van der Waals surface area (Å²) < 4.78 is 121. The molecule has 2 N–H and O–H groups in total. The van der Waals surface area contributed by atoms with E-state index in [2.05, 4.69) is 0 Å². The third-order valence-corrected chi connectivity index (χ3v) is 15.9. The average molecular weight is 977 g/mol. The molecule has 1 heterocycles. The Bertz CT molecular complexity index is 2630. The Morgan fingerprint density at radius 1 is 0.735 bits per heavy atom. The van der Waals surface area contributed by atoms with E-state index in [1.165, 1.54) is 38.1 Å². The maximum Gasteiger partial charge on any atom is 0.347 e. The van der Waals surface area contributed by atoms with E-state index >= 15 is 8.78 Å². The van der Waals surface area contributed by atoms with Gasteiger partial charge in [0.2, 0.25) is 23.5 Å². The summed E-state index contributed by atoms with van der Waals surface area (Å²) in [6, 6.07) is 8.87. The van der Waals surface area contributed by atoms with Gasteiger partial charge in [0, 0.05) is 6.42 Å². The summed E-state index contributed by atoms with van der Waals surface area (Å²) >= 11 is 0. The Kier molecular flexibility index (Phi) is 13.3. The zero-order chi connectivity index (χ0) is 50.1. The molecule has 4 saturated carbocycles. The lowest BCUT2D eigenvalue weighted by atomic mass is 9.50. The van der Waals surface area contributed by atoms with Crippen molar-refractivity contribution in [2.75, 3.05) is 6.61 Å². The van der Waals surface area contributed by atoms with Gasteiger partial charge in [-0.3, -0.25) is 23.7 Å². The van der Waals surface area contributed by atoms with Crippen molar-refractivity contribution in [2.45, 2.75) is 129 Å². The number of hydrogen-bond donors (Lipinski definition) is 2.